The molecule has 4 rings (SSSR count). The van der Waals surface area contributed by atoms with Gasteiger partial charge in [0.25, 0.3) is 0 Å². The molecule has 1 saturated carbocycles. The highest BCUT2D eigenvalue weighted by Gasteiger charge is 2.28. The molecule has 2 aromatic heterocycles. The maximum absolute atomic E-state index is 4.76. The number of nitrogens with one attached hydrogen (secondary N) is 1. The van der Waals surface area contributed by atoms with Crippen LogP contribution >= 0.6 is 0 Å². The molecule has 1 aromatic carbocycles. The van der Waals surface area contributed by atoms with Gasteiger partial charge in [0.1, 0.15) is 12.2 Å². The molecule has 2 heterocycles. The van der Waals surface area contributed by atoms with Crippen LogP contribution in [0.5, 0.6) is 0 Å². The normalized spacial score (nSPS) is 14.9. The van der Waals surface area contributed by atoms with Crippen molar-refractivity contribution in [1.82, 2.24) is 19.9 Å². The topological polar surface area (TPSA) is 54.5 Å². The van der Waals surface area contributed by atoms with E-state index in [0.29, 0.717) is 5.92 Å². The first kappa shape index (κ1) is 11.6. The lowest BCUT2D eigenvalue weighted by molar-refractivity contribution is 0.985. The molecule has 20 heavy (non-hydrogen) atoms. The highest BCUT2D eigenvalue weighted by molar-refractivity contribution is 5.83. The minimum absolute atomic E-state index is 0.587. The molecular weight excluding hydrogens is 248 g/mol. The van der Waals surface area contributed by atoms with Gasteiger partial charge < -0.3 is 4.98 Å². The number of nitrogens with zero attached hydrogens (tertiary/aromatic N) is 3. The van der Waals surface area contributed by atoms with Gasteiger partial charge in [0.2, 0.25) is 0 Å². The highest BCUT2D eigenvalue weighted by atomic mass is 14.9. The monoisotopic (exact) mass is 264 g/mol. The Morgan fingerprint density at radius 2 is 2.05 bits per heavy atom. The summed E-state index contributed by atoms with van der Waals surface area (Å²) in [5.74, 6) is 1.47. The molecule has 1 fully saturated rings. The van der Waals surface area contributed by atoms with Crippen molar-refractivity contribution in [1.29, 1.82) is 0 Å². The number of H-pyrrole nitrogens is 1. The fourth-order valence-corrected chi connectivity index (χ4v) is 2.80. The predicted octanol–water partition coefficient (Wildman–Crippen LogP) is 3.51. The number of hydrogen-bond donors (Lipinski definition) is 1. The van der Waals surface area contributed by atoms with Crippen molar-refractivity contribution in [2.75, 3.05) is 0 Å². The van der Waals surface area contributed by atoms with E-state index in [0.717, 1.165) is 28.1 Å². The summed E-state index contributed by atoms with van der Waals surface area (Å²) in [6.07, 6.45) is 5.96. The van der Waals surface area contributed by atoms with Crippen molar-refractivity contribution in [2.24, 2.45) is 0 Å². The Kier molecular flexibility index (Phi) is 2.39. The Balaban J connectivity index is 1.92. The maximum Gasteiger partial charge on any atom is 0.141 e. The molecule has 1 aliphatic rings. The molecule has 0 amide bonds. The van der Waals surface area contributed by atoms with Crippen LogP contribution in [-0.4, -0.2) is 19.9 Å². The lowest BCUT2D eigenvalue weighted by atomic mass is 10.1. The molecular formula is C16H16N4. The summed E-state index contributed by atoms with van der Waals surface area (Å²) in [4.78, 5) is 16.8. The molecule has 0 bridgehead atoms. The van der Waals surface area contributed by atoms with E-state index in [1.54, 1.807) is 6.33 Å². The number of fused-ring (bicyclic) bond motifs is 1. The third kappa shape index (κ3) is 1.80. The van der Waals surface area contributed by atoms with Gasteiger partial charge in [0.05, 0.1) is 22.3 Å². The molecule has 0 aliphatic heterocycles. The van der Waals surface area contributed by atoms with E-state index in [1.165, 1.54) is 24.0 Å². The summed E-state index contributed by atoms with van der Waals surface area (Å²) < 4.78 is 0. The largest absolute Gasteiger partial charge is 0.338 e. The summed E-state index contributed by atoms with van der Waals surface area (Å²) in [7, 11) is 0. The summed E-state index contributed by atoms with van der Waals surface area (Å²) >= 11 is 0. The van der Waals surface area contributed by atoms with Crippen LogP contribution in [0, 0.1) is 13.8 Å². The molecule has 3 aromatic rings. The molecule has 0 unspecified atom stereocenters. The third-order valence-corrected chi connectivity index (χ3v) is 3.88. The average Bonchev–Trinajstić information content (AvgIpc) is 3.19. The number of aromatic nitrogens is 4. The first-order valence-corrected chi connectivity index (χ1v) is 6.99. The highest BCUT2D eigenvalue weighted by Crippen LogP contribution is 2.42. The SMILES string of the molecule is Cc1cc(C)c2nc(-c3cncnc3C3CC3)[nH]c2c1. The summed E-state index contributed by atoms with van der Waals surface area (Å²) in [5, 5.41) is 0. The van der Waals surface area contributed by atoms with Gasteiger partial charge in [0.15, 0.2) is 0 Å². The van der Waals surface area contributed by atoms with Crippen molar-refractivity contribution >= 4 is 11.0 Å². The van der Waals surface area contributed by atoms with E-state index < -0.39 is 0 Å². The van der Waals surface area contributed by atoms with Crippen LogP contribution < -0.4 is 0 Å². The third-order valence-electron chi connectivity index (χ3n) is 3.88. The standard InChI is InChI=1S/C16H16N4/c1-9-5-10(2)14-13(6-9)19-16(20-14)12-7-17-8-18-15(12)11-3-4-11/h5-8,11H,3-4H2,1-2H3,(H,19,20). The zero-order valence-electron chi connectivity index (χ0n) is 11.6. The van der Waals surface area contributed by atoms with Gasteiger partial charge in [-0.3, -0.25) is 0 Å². The Morgan fingerprint density at radius 3 is 2.85 bits per heavy atom. The first-order chi connectivity index (χ1) is 9.72. The predicted molar refractivity (Wildman–Crippen MR) is 78.6 cm³/mol. The van der Waals surface area contributed by atoms with E-state index in [4.69, 9.17) is 4.98 Å². The van der Waals surface area contributed by atoms with Crippen LogP contribution in [0.25, 0.3) is 22.4 Å². The van der Waals surface area contributed by atoms with E-state index in [2.05, 4.69) is 40.9 Å². The van der Waals surface area contributed by atoms with Crippen molar-refractivity contribution in [3.63, 3.8) is 0 Å². The fourth-order valence-electron chi connectivity index (χ4n) is 2.80. The fraction of sp³-hybridized carbons (Fsp3) is 0.312. The average molecular weight is 264 g/mol. The van der Waals surface area contributed by atoms with Gasteiger partial charge >= 0.3 is 0 Å². The van der Waals surface area contributed by atoms with Crippen molar-refractivity contribution in [2.45, 2.75) is 32.6 Å². The minimum atomic E-state index is 0.587. The Morgan fingerprint density at radius 1 is 1.20 bits per heavy atom. The van der Waals surface area contributed by atoms with Gasteiger partial charge in [0, 0.05) is 12.1 Å². The number of aromatic amines is 1. The molecule has 100 valence electrons. The molecule has 4 heteroatoms. The number of imidazole rings is 1. The summed E-state index contributed by atoms with van der Waals surface area (Å²) in [5.41, 5.74) is 6.75. The number of aryl methyl sites for hydroxylation is 2. The summed E-state index contributed by atoms with van der Waals surface area (Å²) in [6, 6.07) is 4.30. The van der Waals surface area contributed by atoms with Crippen molar-refractivity contribution in [3.05, 3.63) is 41.5 Å². The van der Waals surface area contributed by atoms with E-state index >= 15 is 0 Å². The summed E-state index contributed by atoms with van der Waals surface area (Å²) in [6.45, 7) is 4.21. The van der Waals surface area contributed by atoms with Gasteiger partial charge in [-0.15, -0.1) is 0 Å². The van der Waals surface area contributed by atoms with E-state index in [1.807, 2.05) is 6.20 Å². The van der Waals surface area contributed by atoms with Crippen LogP contribution in [0.2, 0.25) is 0 Å². The smallest absolute Gasteiger partial charge is 0.141 e. The molecule has 0 radical (unpaired) electrons. The van der Waals surface area contributed by atoms with Crippen LogP contribution in [0.3, 0.4) is 0 Å². The number of hydrogen-bond acceptors (Lipinski definition) is 3. The zero-order valence-corrected chi connectivity index (χ0v) is 11.6. The Labute approximate surface area is 117 Å². The van der Waals surface area contributed by atoms with Crippen molar-refractivity contribution in [3.8, 4) is 11.4 Å². The lowest BCUT2D eigenvalue weighted by Crippen LogP contribution is -1.94. The second-order valence-corrected chi connectivity index (χ2v) is 5.66. The zero-order chi connectivity index (χ0) is 13.7. The van der Waals surface area contributed by atoms with Crippen LogP contribution in [0.15, 0.2) is 24.7 Å². The molecule has 0 spiro atoms. The van der Waals surface area contributed by atoms with Crippen LogP contribution in [-0.2, 0) is 0 Å². The molecule has 1 aliphatic carbocycles. The molecule has 0 atom stereocenters. The van der Waals surface area contributed by atoms with Crippen molar-refractivity contribution < 1.29 is 0 Å². The maximum atomic E-state index is 4.76. The quantitative estimate of drug-likeness (QED) is 0.770. The van der Waals surface area contributed by atoms with E-state index in [9.17, 15) is 0 Å². The number of rotatable bonds is 2. The van der Waals surface area contributed by atoms with Gasteiger partial charge in [-0.25, -0.2) is 15.0 Å². The molecule has 0 saturated heterocycles. The number of benzene rings is 1. The van der Waals surface area contributed by atoms with Crippen LogP contribution in [0.4, 0.5) is 0 Å². The Bertz CT molecular complexity index is 799. The Hall–Kier alpha value is -2.23. The van der Waals surface area contributed by atoms with Gasteiger partial charge in [-0.1, -0.05) is 6.07 Å². The molecule has 4 nitrogen and oxygen atoms in total. The molecule has 1 N–H and O–H groups in total. The van der Waals surface area contributed by atoms with E-state index in [-0.39, 0.29) is 0 Å². The van der Waals surface area contributed by atoms with Crippen LogP contribution in [0.1, 0.15) is 35.6 Å². The second-order valence-electron chi connectivity index (χ2n) is 5.66. The second kappa shape index (κ2) is 4.13. The van der Waals surface area contributed by atoms with Gasteiger partial charge in [-0.2, -0.15) is 0 Å². The lowest BCUT2D eigenvalue weighted by Gasteiger charge is -2.02. The first-order valence-electron chi connectivity index (χ1n) is 6.99. The van der Waals surface area contributed by atoms with Gasteiger partial charge in [-0.05, 0) is 43.9 Å². The minimum Gasteiger partial charge on any atom is -0.338 e.